The van der Waals surface area contributed by atoms with E-state index in [9.17, 15) is 14.7 Å². The first-order valence-electron chi connectivity index (χ1n) is 10.7. The van der Waals surface area contributed by atoms with E-state index in [2.05, 4.69) is 26.2 Å². The van der Waals surface area contributed by atoms with E-state index in [1.165, 1.54) is 7.11 Å². The summed E-state index contributed by atoms with van der Waals surface area (Å²) in [5, 5.41) is 17.2. The number of aryl methyl sites for hydroxylation is 1. The van der Waals surface area contributed by atoms with Gasteiger partial charge in [0.25, 0.3) is 5.91 Å². The fraction of sp³-hybridized carbons (Fsp3) is 0.200. The fourth-order valence-corrected chi connectivity index (χ4v) is 4.31. The summed E-state index contributed by atoms with van der Waals surface area (Å²) in [6.45, 7) is 2.09. The summed E-state index contributed by atoms with van der Waals surface area (Å²) in [6.07, 6.45) is 4.06. The average molecular weight is 523 g/mol. The third kappa shape index (κ3) is 4.57. The first-order chi connectivity index (χ1) is 16.4. The van der Waals surface area contributed by atoms with E-state index in [4.69, 9.17) is 9.84 Å². The molecule has 9 heteroatoms. The highest BCUT2D eigenvalue weighted by Gasteiger charge is 2.28. The molecule has 0 aliphatic rings. The second-order valence-electron chi connectivity index (χ2n) is 7.65. The number of nitrogens with zero attached hydrogens (tertiary/aromatic N) is 3. The number of benzene rings is 1. The van der Waals surface area contributed by atoms with Gasteiger partial charge in [-0.25, -0.2) is 9.31 Å². The molecule has 3 heterocycles. The van der Waals surface area contributed by atoms with Crippen LogP contribution < -0.4 is 5.32 Å². The number of rotatable bonds is 8. The molecule has 1 amide bonds. The molecule has 34 heavy (non-hydrogen) atoms. The molecule has 4 rings (SSSR count). The molecule has 4 aromatic rings. The third-order valence-electron chi connectivity index (χ3n) is 5.47. The van der Waals surface area contributed by atoms with Gasteiger partial charge in [-0.15, -0.1) is 0 Å². The van der Waals surface area contributed by atoms with E-state index in [-0.39, 0.29) is 12.2 Å². The predicted octanol–water partition coefficient (Wildman–Crippen LogP) is 4.42. The highest BCUT2D eigenvalue weighted by molar-refractivity contribution is 9.10. The van der Waals surface area contributed by atoms with E-state index in [0.29, 0.717) is 27.9 Å². The molecule has 0 bridgehead atoms. The SMILES string of the molecule is CCc1ccc2c(-c3cncc(Br)c3)c(C(=O)NC(C(=O)O)c3ccccc3)c(COC)nn12. The number of nitrogens with one attached hydrogen (secondary N) is 1. The Bertz CT molecular complexity index is 1350. The van der Waals surface area contributed by atoms with Crippen molar-refractivity contribution >= 4 is 33.3 Å². The van der Waals surface area contributed by atoms with E-state index < -0.39 is 17.9 Å². The Labute approximate surface area is 204 Å². The van der Waals surface area contributed by atoms with Crippen molar-refractivity contribution in [2.45, 2.75) is 26.0 Å². The maximum atomic E-state index is 13.7. The molecule has 8 nitrogen and oxygen atoms in total. The van der Waals surface area contributed by atoms with Crippen LogP contribution in [0.2, 0.25) is 0 Å². The summed E-state index contributed by atoms with van der Waals surface area (Å²) < 4.78 is 7.92. The molecule has 174 valence electrons. The highest BCUT2D eigenvalue weighted by Crippen LogP contribution is 2.33. The van der Waals surface area contributed by atoms with Crippen molar-refractivity contribution < 1.29 is 19.4 Å². The molecule has 0 saturated heterocycles. The second kappa shape index (κ2) is 10.1. The van der Waals surface area contributed by atoms with Gasteiger partial charge in [0.15, 0.2) is 6.04 Å². The predicted molar refractivity (Wildman–Crippen MR) is 130 cm³/mol. The lowest BCUT2D eigenvalue weighted by Gasteiger charge is -2.20. The molecule has 2 N–H and O–H groups in total. The Morgan fingerprint density at radius 3 is 2.59 bits per heavy atom. The maximum Gasteiger partial charge on any atom is 0.330 e. The van der Waals surface area contributed by atoms with Crippen molar-refractivity contribution in [2.24, 2.45) is 0 Å². The van der Waals surface area contributed by atoms with Gasteiger partial charge < -0.3 is 15.2 Å². The summed E-state index contributed by atoms with van der Waals surface area (Å²) in [6, 6.07) is 13.1. The van der Waals surface area contributed by atoms with E-state index in [1.54, 1.807) is 47.2 Å². The van der Waals surface area contributed by atoms with Gasteiger partial charge in [0.05, 0.1) is 17.7 Å². The first kappa shape index (κ1) is 23.6. The van der Waals surface area contributed by atoms with E-state index in [0.717, 1.165) is 16.6 Å². The van der Waals surface area contributed by atoms with Crippen LogP contribution in [-0.2, 0) is 22.6 Å². The zero-order chi connectivity index (χ0) is 24.2. The smallest absolute Gasteiger partial charge is 0.330 e. The molecule has 0 spiro atoms. The van der Waals surface area contributed by atoms with Crippen LogP contribution in [0.4, 0.5) is 0 Å². The minimum absolute atomic E-state index is 0.0670. The van der Waals surface area contributed by atoms with Gasteiger partial charge in [-0.2, -0.15) is 5.10 Å². The molecule has 3 aromatic heterocycles. The zero-order valence-corrected chi connectivity index (χ0v) is 20.2. The van der Waals surface area contributed by atoms with Crippen molar-refractivity contribution in [2.75, 3.05) is 7.11 Å². The fourth-order valence-electron chi connectivity index (χ4n) is 3.95. The number of pyridine rings is 1. The van der Waals surface area contributed by atoms with Crippen LogP contribution in [0.25, 0.3) is 16.6 Å². The number of hydrogen-bond donors (Lipinski definition) is 2. The minimum Gasteiger partial charge on any atom is -0.479 e. The van der Waals surface area contributed by atoms with Crippen molar-refractivity contribution in [3.63, 3.8) is 0 Å². The van der Waals surface area contributed by atoms with Crippen LogP contribution in [-0.4, -0.2) is 38.7 Å². The molecular weight excluding hydrogens is 500 g/mol. The summed E-state index contributed by atoms with van der Waals surface area (Å²) in [7, 11) is 1.52. The van der Waals surface area contributed by atoms with E-state index in [1.807, 2.05) is 25.1 Å². The van der Waals surface area contributed by atoms with Crippen LogP contribution in [0.15, 0.2) is 65.4 Å². The molecule has 1 unspecified atom stereocenters. The van der Waals surface area contributed by atoms with Crippen LogP contribution >= 0.6 is 15.9 Å². The molecule has 0 aliphatic carbocycles. The summed E-state index contributed by atoms with van der Waals surface area (Å²) in [5.41, 5.74) is 4.08. The first-order valence-corrected chi connectivity index (χ1v) is 11.5. The van der Waals surface area contributed by atoms with Crippen molar-refractivity contribution in [1.82, 2.24) is 19.9 Å². The van der Waals surface area contributed by atoms with Crippen LogP contribution in [0.3, 0.4) is 0 Å². The topological polar surface area (TPSA) is 106 Å². The van der Waals surface area contributed by atoms with E-state index >= 15 is 0 Å². The van der Waals surface area contributed by atoms with Crippen LogP contribution in [0.1, 0.15) is 40.3 Å². The summed E-state index contributed by atoms with van der Waals surface area (Å²) in [5.74, 6) is -1.73. The van der Waals surface area contributed by atoms with Crippen molar-refractivity contribution in [1.29, 1.82) is 0 Å². The zero-order valence-electron chi connectivity index (χ0n) is 18.7. The highest BCUT2D eigenvalue weighted by atomic mass is 79.9. The number of methoxy groups -OCH3 is 1. The molecule has 0 saturated carbocycles. The normalized spacial score (nSPS) is 12.0. The molecule has 0 aliphatic heterocycles. The summed E-state index contributed by atoms with van der Waals surface area (Å²) >= 11 is 3.46. The van der Waals surface area contributed by atoms with Crippen LogP contribution in [0, 0.1) is 0 Å². The Hall–Kier alpha value is -3.56. The number of ether oxygens (including phenoxy) is 1. The number of aliphatic carboxylic acids is 1. The Kier molecular flexibility index (Phi) is 7.04. The van der Waals surface area contributed by atoms with Gasteiger partial charge in [0.1, 0.15) is 5.69 Å². The quantitative estimate of drug-likeness (QED) is 0.354. The standard InChI is InChI=1S/C25H23BrN4O4/c1-3-18-9-10-20-21(16-11-17(26)13-27-12-16)22(19(14-34-2)29-30(18)20)24(31)28-23(25(32)33)15-7-5-4-6-8-15/h4-13,23H,3,14H2,1-2H3,(H,28,31)(H,32,33). The molecule has 0 fully saturated rings. The Morgan fingerprint density at radius 1 is 1.18 bits per heavy atom. The number of carboxylic acids is 1. The number of carbonyl (C=O) groups excluding carboxylic acids is 1. The van der Waals surface area contributed by atoms with Gasteiger partial charge in [-0.05, 0) is 46.1 Å². The second-order valence-corrected chi connectivity index (χ2v) is 8.57. The number of halogens is 1. The lowest BCUT2D eigenvalue weighted by Crippen LogP contribution is -2.35. The molecule has 1 aromatic carbocycles. The lowest BCUT2D eigenvalue weighted by atomic mass is 9.98. The Balaban J connectivity index is 1.94. The number of hydrogen-bond acceptors (Lipinski definition) is 5. The number of aromatic nitrogens is 3. The Morgan fingerprint density at radius 2 is 1.94 bits per heavy atom. The van der Waals surface area contributed by atoms with Crippen molar-refractivity contribution in [3.05, 3.63) is 87.9 Å². The number of carbonyl (C=O) groups is 2. The van der Waals surface area contributed by atoms with Gasteiger partial charge in [-0.1, -0.05) is 37.3 Å². The minimum atomic E-state index is -1.23. The van der Waals surface area contributed by atoms with Gasteiger partial charge in [0.2, 0.25) is 0 Å². The number of amides is 1. The summed E-state index contributed by atoms with van der Waals surface area (Å²) in [4.78, 5) is 30.0. The van der Waals surface area contributed by atoms with Crippen LogP contribution in [0.5, 0.6) is 0 Å². The van der Waals surface area contributed by atoms with Crippen molar-refractivity contribution in [3.8, 4) is 11.1 Å². The van der Waals surface area contributed by atoms with Gasteiger partial charge in [-0.3, -0.25) is 9.78 Å². The van der Waals surface area contributed by atoms with Gasteiger partial charge >= 0.3 is 5.97 Å². The largest absolute Gasteiger partial charge is 0.479 e. The monoisotopic (exact) mass is 522 g/mol. The lowest BCUT2D eigenvalue weighted by molar-refractivity contribution is -0.139. The number of carboxylic acid groups (broad SMARTS) is 1. The molecular formula is C25H23BrN4O4. The number of fused-ring (bicyclic) bond motifs is 1. The molecule has 1 atom stereocenters. The van der Waals surface area contributed by atoms with Gasteiger partial charge in [0, 0.05) is 40.8 Å². The maximum absolute atomic E-state index is 13.7. The average Bonchev–Trinajstić information content (AvgIpc) is 3.24. The third-order valence-corrected chi connectivity index (χ3v) is 5.90. The molecule has 0 radical (unpaired) electrons.